The summed E-state index contributed by atoms with van der Waals surface area (Å²) >= 11 is 3.51. The molecule has 3 rings (SSSR count). The number of benzene rings is 2. The van der Waals surface area contributed by atoms with E-state index in [9.17, 15) is 0 Å². The van der Waals surface area contributed by atoms with Crippen LogP contribution in [0.2, 0.25) is 0 Å². The normalized spacial score (nSPS) is 10.3. The van der Waals surface area contributed by atoms with Crippen LogP contribution in [-0.4, -0.2) is 9.97 Å². The van der Waals surface area contributed by atoms with Gasteiger partial charge < -0.3 is 17.7 Å². The third-order valence-corrected chi connectivity index (χ3v) is 4.07. The van der Waals surface area contributed by atoms with Gasteiger partial charge in [0.1, 0.15) is 12.1 Å². The Balaban J connectivity index is 0.00000176. The Hall–Kier alpha value is -1.65. The van der Waals surface area contributed by atoms with Gasteiger partial charge >= 0.3 is 0 Å². The Labute approximate surface area is 144 Å². The van der Waals surface area contributed by atoms with Crippen molar-refractivity contribution in [2.24, 2.45) is 0 Å². The summed E-state index contributed by atoms with van der Waals surface area (Å²) in [5.41, 5.74) is 4.58. The van der Waals surface area contributed by atoms with Crippen molar-refractivity contribution in [3.05, 3.63) is 58.3 Å². The molecule has 0 fully saturated rings. The second-order valence-electron chi connectivity index (χ2n) is 4.97. The number of fused-ring (bicyclic) bond motifs is 1. The fourth-order valence-corrected chi connectivity index (χ4v) is 2.81. The first-order valence-electron chi connectivity index (χ1n) is 6.95. The van der Waals surface area contributed by atoms with E-state index in [0.717, 1.165) is 33.3 Å². The molecule has 3 aromatic rings. The average molecular weight is 378 g/mol. The fraction of sp³-hybridized carbons (Fsp3) is 0.176. The van der Waals surface area contributed by atoms with Gasteiger partial charge in [-0.05, 0) is 42.7 Å². The summed E-state index contributed by atoms with van der Waals surface area (Å²) in [6.45, 7) is 4.27. The molecule has 0 radical (unpaired) electrons. The molecule has 0 amide bonds. The van der Waals surface area contributed by atoms with Crippen LogP contribution < -0.4 is 17.7 Å². The van der Waals surface area contributed by atoms with E-state index in [1.54, 1.807) is 6.33 Å². The van der Waals surface area contributed by atoms with Gasteiger partial charge in [0.15, 0.2) is 0 Å². The lowest BCUT2D eigenvalue weighted by atomic mass is 10.1. The van der Waals surface area contributed by atoms with E-state index in [1.165, 1.54) is 11.1 Å². The average Bonchev–Trinajstić information content (AvgIpc) is 2.49. The maximum absolute atomic E-state index is 4.42. The largest absolute Gasteiger partial charge is 1.00 e. The molecule has 0 unspecified atom stereocenters. The lowest BCUT2D eigenvalue weighted by Gasteiger charge is -2.14. The SMILES string of the molecule is CCc1cccc(C)c1Nc1ncnc2ccc(Br)cc12.[Cl-]. The zero-order valence-corrected chi connectivity index (χ0v) is 14.7. The molecule has 114 valence electrons. The molecule has 0 spiro atoms. The molecule has 1 heterocycles. The molecule has 0 aliphatic heterocycles. The minimum absolute atomic E-state index is 0. The van der Waals surface area contributed by atoms with Gasteiger partial charge in [-0.3, -0.25) is 0 Å². The third kappa shape index (κ3) is 3.23. The van der Waals surface area contributed by atoms with Gasteiger partial charge in [-0.2, -0.15) is 0 Å². The summed E-state index contributed by atoms with van der Waals surface area (Å²) < 4.78 is 1.02. The molecule has 1 N–H and O–H groups in total. The second-order valence-corrected chi connectivity index (χ2v) is 5.89. The van der Waals surface area contributed by atoms with Crippen LogP contribution in [0.25, 0.3) is 10.9 Å². The van der Waals surface area contributed by atoms with Gasteiger partial charge in [0, 0.05) is 15.5 Å². The molecule has 0 aliphatic carbocycles. The van der Waals surface area contributed by atoms with E-state index in [-0.39, 0.29) is 12.4 Å². The summed E-state index contributed by atoms with van der Waals surface area (Å²) in [4.78, 5) is 8.73. The van der Waals surface area contributed by atoms with Crippen molar-refractivity contribution in [2.45, 2.75) is 20.3 Å². The lowest BCUT2D eigenvalue weighted by Crippen LogP contribution is -3.00. The molecule has 0 bridgehead atoms. The Kier molecular flexibility index (Phi) is 5.37. The maximum atomic E-state index is 4.42. The molecule has 0 aliphatic rings. The zero-order valence-electron chi connectivity index (χ0n) is 12.4. The van der Waals surface area contributed by atoms with Crippen molar-refractivity contribution in [1.82, 2.24) is 9.97 Å². The van der Waals surface area contributed by atoms with Crippen LogP contribution >= 0.6 is 15.9 Å². The highest BCUT2D eigenvalue weighted by Gasteiger charge is 2.09. The summed E-state index contributed by atoms with van der Waals surface area (Å²) in [5, 5.41) is 4.50. The number of hydrogen-bond acceptors (Lipinski definition) is 3. The predicted octanol–water partition coefficient (Wildman–Crippen LogP) is 2.01. The van der Waals surface area contributed by atoms with E-state index < -0.39 is 0 Å². The number of hydrogen-bond donors (Lipinski definition) is 1. The van der Waals surface area contributed by atoms with Crippen LogP contribution in [0, 0.1) is 6.92 Å². The van der Waals surface area contributed by atoms with Gasteiger partial charge in [-0.15, -0.1) is 0 Å². The van der Waals surface area contributed by atoms with Crippen LogP contribution in [0.3, 0.4) is 0 Å². The molecular formula is C17H16BrClN3-. The van der Waals surface area contributed by atoms with E-state index >= 15 is 0 Å². The Morgan fingerprint density at radius 1 is 1.14 bits per heavy atom. The fourth-order valence-electron chi connectivity index (χ4n) is 2.45. The van der Waals surface area contributed by atoms with Crippen molar-refractivity contribution in [3.8, 4) is 0 Å². The maximum Gasteiger partial charge on any atom is 0.141 e. The number of halogens is 2. The molecule has 22 heavy (non-hydrogen) atoms. The Morgan fingerprint density at radius 3 is 2.73 bits per heavy atom. The van der Waals surface area contributed by atoms with Crippen molar-refractivity contribution >= 4 is 38.3 Å². The summed E-state index contributed by atoms with van der Waals surface area (Å²) in [5.74, 6) is 0.838. The highest BCUT2D eigenvalue weighted by atomic mass is 79.9. The summed E-state index contributed by atoms with van der Waals surface area (Å²) in [6.07, 6.45) is 2.58. The van der Waals surface area contributed by atoms with Crippen molar-refractivity contribution in [2.75, 3.05) is 5.32 Å². The van der Waals surface area contributed by atoms with Crippen molar-refractivity contribution in [3.63, 3.8) is 0 Å². The molecule has 3 nitrogen and oxygen atoms in total. The lowest BCUT2D eigenvalue weighted by molar-refractivity contribution is -0.00000427. The van der Waals surface area contributed by atoms with Gasteiger partial charge in [-0.25, -0.2) is 9.97 Å². The predicted molar refractivity (Wildman–Crippen MR) is 91.1 cm³/mol. The number of nitrogens with zero attached hydrogens (tertiary/aromatic N) is 2. The van der Waals surface area contributed by atoms with Crippen molar-refractivity contribution in [1.29, 1.82) is 0 Å². The highest BCUT2D eigenvalue weighted by Crippen LogP contribution is 2.29. The van der Waals surface area contributed by atoms with E-state index in [4.69, 9.17) is 0 Å². The van der Waals surface area contributed by atoms with Crippen molar-refractivity contribution < 1.29 is 12.4 Å². The molecule has 2 aromatic carbocycles. The number of nitrogens with one attached hydrogen (secondary N) is 1. The highest BCUT2D eigenvalue weighted by molar-refractivity contribution is 9.10. The molecule has 1 aromatic heterocycles. The first-order chi connectivity index (χ1) is 10.2. The molecule has 0 saturated heterocycles. The smallest absolute Gasteiger partial charge is 0.141 e. The van der Waals surface area contributed by atoms with Crippen LogP contribution in [0.4, 0.5) is 11.5 Å². The number of anilines is 2. The zero-order chi connectivity index (χ0) is 14.8. The summed E-state index contributed by atoms with van der Waals surface area (Å²) in [6, 6.07) is 12.4. The standard InChI is InChI=1S/C17H16BrN3.ClH/c1-3-12-6-4-5-11(2)16(12)21-17-14-9-13(18)7-8-15(14)19-10-20-17;/h4-10H,3H2,1-2H3,(H,19,20,21);1H/p-1. The molecule has 5 heteroatoms. The van der Waals surface area contributed by atoms with Gasteiger partial charge in [-0.1, -0.05) is 41.1 Å². The van der Waals surface area contributed by atoms with Crippen LogP contribution in [0.1, 0.15) is 18.1 Å². The minimum atomic E-state index is 0. The molecule has 0 atom stereocenters. The monoisotopic (exact) mass is 376 g/mol. The summed E-state index contributed by atoms with van der Waals surface area (Å²) in [7, 11) is 0. The molecular weight excluding hydrogens is 362 g/mol. The minimum Gasteiger partial charge on any atom is -1.00 e. The van der Waals surface area contributed by atoms with Gasteiger partial charge in [0.05, 0.1) is 5.52 Å². The molecule has 0 saturated carbocycles. The topological polar surface area (TPSA) is 37.8 Å². The number of aryl methyl sites for hydroxylation is 2. The van der Waals surface area contributed by atoms with Crippen LogP contribution in [0.15, 0.2) is 47.2 Å². The van der Waals surface area contributed by atoms with Crippen LogP contribution in [-0.2, 0) is 6.42 Å². The van der Waals surface area contributed by atoms with Gasteiger partial charge in [0.2, 0.25) is 0 Å². The third-order valence-electron chi connectivity index (χ3n) is 3.58. The van der Waals surface area contributed by atoms with E-state index in [0.29, 0.717) is 0 Å². The van der Waals surface area contributed by atoms with Gasteiger partial charge in [0.25, 0.3) is 0 Å². The van der Waals surface area contributed by atoms with E-state index in [1.807, 2.05) is 18.2 Å². The number of rotatable bonds is 3. The van der Waals surface area contributed by atoms with Crippen LogP contribution in [0.5, 0.6) is 0 Å². The number of aromatic nitrogens is 2. The first-order valence-corrected chi connectivity index (χ1v) is 7.74. The second kappa shape index (κ2) is 7.07. The first kappa shape index (κ1) is 16.7. The Morgan fingerprint density at radius 2 is 1.95 bits per heavy atom. The van der Waals surface area contributed by atoms with E-state index in [2.05, 4.69) is 63.3 Å². The Bertz CT molecular complexity index is 805. The quantitative estimate of drug-likeness (QED) is 0.759. The number of para-hydroxylation sites is 1.